The minimum Gasteiger partial charge on any atom is -0.421 e. The highest BCUT2D eigenvalue weighted by molar-refractivity contribution is 6.31. The lowest BCUT2D eigenvalue weighted by Gasteiger charge is -1.98. The Morgan fingerprint density at radius 2 is 2.12 bits per heavy atom. The third-order valence-corrected chi connectivity index (χ3v) is 2.32. The van der Waals surface area contributed by atoms with E-state index < -0.39 is 0 Å². The zero-order valence-electron chi connectivity index (χ0n) is 8.90. The van der Waals surface area contributed by atoms with Crippen LogP contribution in [0.1, 0.15) is 19.2 Å². The van der Waals surface area contributed by atoms with Gasteiger partial charge in [-0.1, -0.05) is 18.5 Å². The Labute approximate surface area is 98.4 Å². The minimum atomic E-state index is 0.456. The summed E-state index contributed by atoms with van der Waals surface area (Å²) in [5.41, 5.74) is 7.02. The number of nitrogen functional groups attached to an aromatic ring is 1. The second-order valence-electron chi connectivity index (χ2n) is 3.52. The van der Waals surface area contributed by atoms with Gasteiger partial charge in [-0.05, 0) is 24.6 Å². The molecule has 0 spiro atoms. The number of hydrogen-bond acceptors (Lipinski definition) is 4. The topological polar surface area (TPSA) is 64.9 Å². The van der Waals surface area contributed by atoms with Gasteiger partial charge in [0, 0.05) is 22.7 Å². The highest BCUT2D eigenvalue weighted by atomic mass is 35.5. The maximum absolute atomic E-state index is 5.90. The van der Waals surface area contributed by atoms with Crippen molar-refractivity contribution in [2.45, 2.75) is 19.8 Å². The van der Waals surface area contributed by atoms with Gasteiger partial charge in [0.25, 0.3) is 0 Å². The molecule has 0 unspecified atom stereocenters. The van der Waals surface area contributed by atoms with Gasteiger partial charge in [0.2, 0.25) is 11.8 Å². The standard InChI is InChI=1S/C11H12ClN3O/c1-2-3-10-14-15-11(16-10)7-4-8(12)6-9(13)5-7/h4-6H,2-3,13H2,1H3. The second kappa shape index (κ2) is 4.53. The molecular weight excluding hydrogens is 226 g/mol. The van der Waals surface area contributed by atoms with E-state index in [1.165, 1.54) is 0 Å². The molecular formula is C11H12ClN3O. The quantitative estimate of drug-likeness (QED) is 0.834. The summed E-state index contributed by atoms with van der Waals surface area (Å²) in [6.07, 6.45) is 1.75. The summed E-state index contributed by atoms with van der Waals surface area (Å²) < 4.78 is 5.48. The normalized spacial score (nSPS) is 10.6. The maximum Gasteiger partial charge on any atom is 0.247 e. The first-order valence-corrected chi connectivity index (χ1v) is 5.45. The molecule has 2 N–H and O–H groups in total. The molecule has 0 saturated carbocycles. The molecule has 16 heavy (non-hydrogen) atoms. The van der Waals surface area contributed by atoms with Crippen LogP contribution in [-0.4, -0.2) is 10.2 Å². The number of aryl methyl sites for hydroxylation is 1. The van der Waals surface area contributed by atoms with Crippen LogP contribution in [0.5, 0.6) is 0 Å². The largest absolute Gasteiger partial charge is 0.421 e. The molecule has 2 rings (SSSR count). The van der Waals surface area contributed by atoms with E-state index in [0.717, 1.165) is 18.4 Å². The van der Waals surface area contributed by atoms with E-state index in [1.807, 2.05) is 0 Å². The first kappa shape index (κ1) is 11.0. The van der Waals surface area contributed by atoms with E-state index in [-0.39, 0.29) is 0 Å². The Morgan fingerprint density at radius 3 is 2.81 bits per heavy atom. The van der Waals surface area contributed by atoms with E-state index in [1.54, 1.807) is 18.2 Å². The van der Waals surface area contributed by atoms with Gasteiger partial charge in [-0.2, -0.15) is 0 Å². The van der Waals surface area contributed by atoms with Gasteiger partial charge in [0.1, 0.15) is 0 Å². The summed E-state index contributed by atoms with van der Waals surface area (Å²) in [7, 11) is 0. The summed E-state index contributed by atoms with van der Waals surface area (Å²) in [6.45, 7) is 2.06. The lowest BCUT2D eigenvalue weighted by atomic mass is 10.2. The van der Waals surface area contributed by atoms with Crippen LogP contribution in [0, 0.1) is 0 Å². The third-order valence-electron chi connectivity index (χ3n) is 2.10. The molecule has 84 valence electrons. The molecule has 0 fully saturated rings. The molecule has 1 aromatic heterocycles. The summed E-state index contributed by atoms with van der Waals surface area (Å²) in [5.74, 6) is 1.09. The Bertz CT molecular complexity index is 475. The summed E-state index contributed by atoms with van der Waals surface area (Å²) in [4.78, 5) is 0. The third kappa shape index (κ3) is 2.33. The van der Waals surface area contributed by atoms with Crippen LogP contribution in [0.15, 0.2) is 22.6 Å². The van der Waals surface area contributed by atoms with Crippen LogP contribution in [0.2, 0.25) is 5.02 Å². The molecule has 0 aliphatic heterocycles. The molecule has 0 aliphatic rings. The van der Waals surface area contributed by atoms with Crippen LogP contribution in [0.25, 0.3) is 11.5 Å². The molecule has 0 saturated heterocycles. The van der Waals surface area contributed by atoms with Gasteiger partial charge in [-0.15, -0.1) is 10.2 Å². The second-order valence-corrected chi connectivity index (χ2v) is 3.96. The highest BCUT2D eigenvalue weighted by Crippen LogP contribution is 2.25. The number of nitrogens with zero attached hydrogens (tertiary/aromatic N) is 2. The van der Waals surface area contributed by atoms with Gasteiger partial charge in [0.15, 0.2) is 0 Å². The highest BCUT2D eigenvalue weighted by Gasteiger charge is 2.09. The fraction of sp³-hybridized carbons (Fsp3) is 0.273. The van der Waals surface area contributed by atoms with Gasteiger partial charge >= 0.3 is 0 Å². The zero-order chi connectivity index (χ0) is 11.5. The Morgan fingerprint density at radius 1 is 1.31 bits per heavy atom. The molecule has 0 bridgehead atoms. The average molecular weight is 238 g/mol. The van der Waals surface area contributed by atoms with Crippen LogP contribution >= 0.6 is 11.6 Å². The molecule has 1 heterocycles. The smallest absolute Gasteiger partial charge is 0.247 e. The number of anilines is 1. The average Bonchev–Trinajstić information content (AvgIpc) is 2.65. The van der Waals surface area contributed by atoms with Crippen molar-refractivity contribution >= 4 is 17.3 Å². The van der Waals surface area contributed by atoms with E-state index in [0.29, 0.717) is 22.5 Å². The van der Waals surface area contributed by atoms with E-state index in [9.17, 15) is 0 Å². The van der Waals surface area contributed by atoms with Crippen molar-refractivity contribution in [2.75, 3.05) is 5.73 Å². The fourth-order valence-corrected chi connectivity index (χ4v) is 1.66. The predicted octanol–water partition coefficient (Wildman–Crippen LogP) is 2.92. The van der Waals surface area contributed by atoms with Crippen molar-refractivity contribution < 1.29 is 4.42 Å². The van der Waals surface area contributed by atoms with Crippen molar-refractivity contribution in [3.63, 3.8) is 0 Å². The van der Waals surface area contributed by atoms with E-state index >= 15 is 0 Å². The van der Waals surface area contributed by atoms with Crippen molar-refractivity contribution in [3.8, 4) is 11.5 Å². The summed E-state index contributed by atoms with van der Waals surface area (Å²) in [5, 5.41) is 8.46. The first-order chi connectivity index (χ1) is 7.69. The Kier molecular flexibility index (Phi) is 3.10. The van der Waals surface area contributed by atoms with Crippen LogP contribution in [0.4, 0.5) is 5.69 Å². The van der Waals surface area contributed by atoms with Crippen molar-refractivity contribution in [2.24, 2.45) is 0 Å². The van der Waals surface area contributed by atoms with Crippen LogP contribution < -0.4 is 5.73 Å². The molecule has 5 heteroatoms. The zero-order valence-corrected chi connectivity index (χ0v) is 9.66. The van der Waals surface area contributed by atoms with Gasteiger partial charge < -0.3 is 10.2 Å². The Balaban J connectivity index is 2.34. The molecule has 2 aromatic rings. The van der Waals surface area contributed by atoms with E-state index in [4.69, 9.17) is 21.8 Å². The minimum absolute atomic E-state index is 0.456. The lowest BCUT2D eigenvalue weighted by molar-refractivity contribution is 0.502. The first-order valence-electron chi connectivity index (χ1n) is 5.08. The van der Waals surface area contributed by atoms with Crippen molar-refractivity contribution in [1.82, 2.24) is 10.2 Å². The molecule has 0 amide bonds. The maximum atomic E-state index is 5.90. The van der Waals surface area contributed by atoms with Crippen molar-refractivity contribution in [1.29, 1.82) is 0 Å². The Hall–Kier alpha value is -1.55. The number of nitrogens with two attached hydrogens (primary N) is 1. The molecule has 0 aliphatic carbocycles. The number of hydrogen-bond donors (Lipinski definition) is 1. The number of aromatic nitrogens is 2. The monoisotopic (exact) mass is 237 g/mol. The van der Waals surface area contributed by atoms with Crippen molar-refractivity contribution in [3.05, 3.63) is 29.1 Å². The lowest BCUT2D eigenvalue weighted by Crippen LogP contribution is -1.86. The molecule has 1 aromatic carbocycles. The summed E-state index contributed by atoms with van der Waals surface area (Å²) in [6, 6.07) is 5.19. The molecule has 4 nitrogen and oxygen atoms in total. The van der Waals surface area contributed by atoms with Gasteiger partial charge in [0.05, 0.1) is 0 Å². The number of rotatable bonds is 3. The van der Waals surface area contributed by atoms with Crippen LogP contribution in [0.3, 0.4) is 0 Å². The molecule has 0 atom stereocenters. The number of halogens is 1. The SMILES string of the molecule is CCCc1nnc(-c2cc(N)cc(Cl)c2)o1. The molecule has 0 radical (unpaired) electrons. The summed E-state index contributed by atoms with van der Waals surface area (Å²) >= 11 is 5.90. The van der Waals surface area contributed by atoms with Gasteiger partial charge in [-0.25, -0.2) is 0 Å². The van der Waals surface area contributed by atoms with Crippen LogP contribution in [-0.2, 0) is 6.42 Å². The predicted molar refractivity (Wildman–Crippen MR) is 63.2 cm³/mol. The fourth-order valence-electron chi connectivity index (χ4n) is 1.42. The van der Waals surface area contributed by atoms with E-state index in [2.05, 4.69) is 17.1 Å². The van der Waals surface area contributed by atoms with Gasteiger partial charge in [-0.3, -0.25) is 0 Å². The number of benzene rings is 1.